The third-order valence-corrected chi connectivity index (χ3v) is 4.31. The van der Waals surface area contributed by atoms with Gasteiger partial charge in [-0.25, -0.2) is 9.97 Å². The average Bonchev–Trinajstić information content (AvgIpc) is 2.91. The first-order valence-electron chi connectivity index (χ1n) is 7.35. The van der Waals surface area contributed by atoms with Gasteiger partial charge in [0.05, 0.1) is 0 Å². The minimum Gasteiger partial charge on any atom is -0.462 e. The van der Waals surface area contributed by atoms with E-state index in [0.717, 1.165) is 12.5 Å². The monoisotopic (exact) mass is 349 g/mol. The van der Waals surface area contributed by atoms with Crippen molar-refractivity contribution in [2.75, 3.05) is 18.0 Å². The summed E-state index contributed by atoms with van der Waals surface area (Å²) in [7, 11) is 0. The maximum absolute atomic E-state index is 12.8. The van der Waals surface area contributed by atoms with Crippen LogP contribution in [0.2, 0.25) is 5.28 Å². The van der Waals surface area contributed by atoms with Gasteiger partial charge in [-0.3, -0.25) is 4.79 Å². The first kappa shape index (κ1) is 16.3. The number of esters is 1. The molecule has 3 rings (SSSR count). The Morgan fingerprint density at radius 2 is 2.04 bits per heavy atom. The van der Waals surface area contributed by atoms with Crippen molar-refractivity contribution in [3.05, 3.63) is 17.0 Å². The summed E-state index contributed by atoms with van der Waals surface area (Å²) in [6.45, 7) is 2.90. The molecule has 2 aliphatic rings. The molecule has 2 atom stereocenters. The molecule has 5 nitrogen and oxygen atoms in total. The van der Waals surface area contributed by atoms with E-state index in [2.05, 4.69) is 9.97 Å². The fourth-order valence-electron chi connectivity index (χ4n) is 2.96. The van der Waals surface area contributed by atoms with Crippen molar-refractivity contribution >= 4 is 23.4 Å². The second-order valence-electron chi connectivity index (χ2n) is 5.82. The topological polar surface area (TPSA) is 55.3 Å². The summed E-state index contributed by atoms with van der Waals surface area (Å²) >= 11 is 5.60. The van der Waals surface area contributed by atoms with Crippen LogP contribution in [0.15, 0.2) is 6.07 Å². The van der Waals surface area contributed by atoms with Crippen molar-refractivity contribution in [3.8, 4) is 0 Å². The number of fused-ring (bicyclic) bond motifs is 1. The first-order valence-corrected chi connectivity index (χ1v) is 7.73. The summed E-state index contributed by atoms with van der Waals surface area (Å²) in [5.74, 6) is 0.240. The zero-order valence-corrected chi connectivity index (χ0v) is 13.1. The van der Waals surface area contributed by atoms with Crippen LogP contribution in [0.1, 0.15) is 25.5 Å². The number of nitrogens with zero attached hydrogens (tertiary/aromatic N) is 3. The molecule has 0 aromatic carbocycles. The fourth-order valence-corrected chi connectivity index (χ4v) is 3.14. The zero-order chi connectivity index (χ0) is 16.8. The molecule has 1 aromatic rings. The molecule has 2 fully saturated rings. The summed E-state index contributed by atoms with van der Waals surface area (Å²) in [6.07, 6.45) is -3.57. The minimum absolute atomic E-state index is 0.121. The van der Waals surface area contributed by atoms with Gasteiger partial charge in [-0.15, -0.1) is 0 Å². The molecule has 1 saturated carbocycles. The predicted octanol–water partition coefficient (Wildman–Crippen LogP) is 2.93. The van der Waals surface area contributed by atoms with E-state index in [-0.39, 0.29) is 29.7 Å². The van der Waals surface area contributed by atoms with Gasteiger partial charge in [0.2, 0.25) is 5.28 Å². The molecule has 2 unspecified atom stereocenters. The van der Waals surface area contributed by atoms with E-state index >= 15 is 0 Å². The summed E-state index contributed by atoms with van der Waals surface area (Å²) in [6, 6.07) is 0.898. The van der Waals surface area contributed by atoms with Gasteiger partial charge in [-0.1, -0.05) is 6.92 Å². The van der Waals surface area contributed by atoms with E-state index in [9.17, 15) is 18.0 Å². The largest absolute Gasteiger partial charge is 0.462 e. The van der Waals surface area contributed by atoms with Crippen LogP contribution in [0.4, 0.5) is 19.0 Å². The molecule has 1 aliphatic carbocycles. The van der Waals surface area contributed by atoms with Crippen LogP contribution in [0, 0.1) is 11.8 Å². The Kier molecular flexibility index (Phi) is 4.12. The quantitative estimate of drug-likeness (QED) is 0.618. The van der Waals surface area contributed by atoms with E-state index in [1.807, 2.05) is 6.92 Å². The Bertz CT molecular complexity index is 614. The minimum atomic E-state index is -4.57. The number of rotatable bonds is 4. The molecule has 1 aromatic heterocycles. The Labute approximate surface area is 135 Å². The number of piperidine rings is 1. The maximum Gasteiger partial charge on any atom is 0.433 e. The number of hydrogen-bond donors (Lipinski definition) is 0. The van der Waals surface area contributed by atoms with Crippen molar-refractivity contribution in [2.24, 2.45) is 11.8 Å². The number of carbonyl (C=O) groups excluding carboxylic acids is 1. The van der Waals surface area contributed by atoms with Crippen molar-refractivity contribution in [3.63, 3.8) is 0 Å². The van der Waals surface area contributed by atoms with Crippen LogP contribution in [-0.2, 0) is 15.7 Å². The molecule has 9 heteroatoms. The number of carbonyl (C=O) groups is 1. The molecule has 2 heterocycles. The molecule has 0 amide bonds. The normalized spacial score (nSPS) is 26.1. The molecule has 126 valence electrons. The van der Waals surface area contributed by atoms with Gasteiger partial charge < -0.3 is 9.64 Å². The van der Waals surface area contributed by atoms with Gasteiger partial charge >= 0.3 is 12.1 Å². The molecule has 0 bridgehead atoms. The Morgan fingerprint density at radius 3 is 2.61 bits per heavy atom. The first-order chi connectivity index (χ1) is 10.8. The van der Waals surface area contributed by atoms with Gasteiger partial charge in [0.15, 0.2) is 5.69 Å². The van der Waals surface area contributed by atoms with Crippen molar-refractivity contribution in [1.82, 2.24) is 9.97 Å². The van der Waals surface area contributed by atoms with E-state index in [1.165, 1.54) is 0 Å². The van der Waals surface area contributed by atoms with Crippen LogP contribution in [-0.4, -0.2) is 35.1 Å². The van der Waals surface area contributed by atoms with E-state index in [0.29, 0.717) is 19.5 Å². The standard InChI is InChI=1S/C14H15ClF3N3O2/c1-2-3-11(22)23-12-7-5-21(6-8(7)12)10-4-9(14(16,17)18)19-13(15)20-10/h4,7-8,12H,2-3,5-6H2,1H3. The van der Waals surface area contributed by atoms with Crippen molar-refractivity contribution in [2.45, 2.75) is 32.0 Å². The van der Waals surface area contributed by atoms with Crippen LogP contribution >= 0.6 is 11.6 Å². The lowest BCUT2D eigenvalue weighted by Gasteiger charge is -2.21. The SMILES string of the molecule is CCCC(=O)OC1C2CN(c3cc(C(F)(F)F)nc(Cl)n3)CC21. The van der Waals surface area contributed by atoms with Gasteiger partial charge in [0, 0.05) is 37.4 Å². The summed E-state index contributed by atoms with van der Waals surface area (Å²) < 4.78 is 43.7. The number of alkyl halides is 3. The molecule has 0 N–H and O–H groups in total. The van der Waals surface area contributed by atoms with Gasteiger partial charge in [0.1, 0.15) is 11.9 Å². The van der Waals surface area contributed by atoms with Crippen LogP contribution in [0.3, 0.4) is 0 Å². The number of halogens is 4. The number of ether oxygens (including phenoxy) is 1. The van der Waals surface area contributed by atoms with E-state index < -0.39 is 17.2 Å². The maximum atomic E-state index is 12.8. The summed E-state index contributed by atoms with van der Waals surface area (Å²) in [5, 5.41) is -0.429. The highest BCUT2D eigenvalue weighted by molar-refractivity contribution is 6.28. The number of hydrogen-bond acceptors (Lipinski definition) is 5. The molecule has 0 radical (unpaired) electrons. The second kappa shape index (κ2) is 5.81. The fraction of sp³-hybridized carbons (Fsp3) is 0.643. The van der Waals surface area contributed by atoms with Gasteiger partial charge in [-0.05, 0) is 18.0 Å². The second-order valence-corrected chi connectivity index (χ2v) is 6.15. The third kappa shape index (κ3) is 3.36. The predicted molar refractivity (Wildman–Crippen MR) is 76.0 cm³/mol. The van der Waals surface area contributed by atoms with Crippen LogP contribution < -0.4 is 4.90 Å². The molecule has 0 spiro atoms. The van der Waals surface area contributed by atoms with Crippen LogP contribution in [0.5, 0.6) is 0 Å². The Hall–Kier alpha value is -1.57. The highest BCUT2D eigenvalue weighted by atomic mass is 35.5. The summed E-state index contributed by atoms with van der Waals surface area (Å²) in [4.78, 5) is 20.3. The lowest BCUT2D eigenvalue weighted by atomic mass is 10.3. The zero-order valence-electron chi connectivity index (χ0n) is 12.3. The van der Waals surface area contributed by atoms with E-state index in [4.69, 9.17) is 16.3 Å². The van der Waals surface area contributed by atoms with E-state index in [1.54, 1.807) is 4.90 Å². The average molecular weight is 350 g/mol. The van der Waals surface area contributed by atoms with Gasteiger partial charge in [-0.2, -0.15) is 13.2 Å². The molecule has 1 saturated heterocycles. The van der Waals surface area contributed by atoms with Gasteiger partial charge in [0.25, 0.3) is 0 Å². The molecule has 1 aliphatic heterocycles. The Balaban J connectivity index is 1.64. The highest BCUT2D eigenvalue weighted by Gasteiger charge is 2.59. The number of anilines is 1. The van der Waals surface area contributed by atoms with Crippen molar-refractivity contribution in [1.29, 1.82) is 0 Å². The Morgan fingerprint density at radius 1 is 1.39 bits per heavy atom. The smallest absolute Gasteiger partial charge is 0.433 e. The highest BCUT2D eigenvalue weighted by Crippen LogP contribution is 2.49. The van der Waals surface area contributed by atoms with Crippen LogP contribution in [0.25, 0.3) is 0 Å². The lowest BCUT2D eigenvalue weighted by molar-refractivity contribution is -0.146. The molecular weight excluding hydrogens is 335 g/mol. The molecular formula is C14H15ClF3N3O2. The lowest BCUT2D eigenvalue weighted by Crippen LogP contribution is -2.28. The summed E-state index contributed by atoms with van der Waals surface area (Å²) in [5.41, 5.74) is -1.06. The molecule has 23 heavy (non-hydrogen) atoms. The third-order valence-electron chi connectivity index (χ3n) is 4.14. The number of aromatic nitrogens is 2. The van der Waals surface area contributed by atoms with Crippen molar-refractivity contribution < 1.29 is 22.7 Å².